The fraction of sp³-hybridized carbons (Fsp3) is 0.400. The van der Waals surface area contributed by atoms with Gasteiger partial charge in [0.2, 0.25) is 0 Å². The number of hydrogen-bond donors (Lipinski definition) is 1. The van der Waals surface area contributed by atoms with Crippen molar-refractivity contribution in [2.45, 2.75) is 32.9 Å². The van der Waals surface area contributed by atoms with Crippen LogP contribution in [0.15, 0.2) is 28.9 Å². The number of aryl methyl sites for hydroxylation is 1. The molecule has 2 rings (SSSR count). The monoisotopic (exact) mass is 389 g/mol. The molecule has 114 valence electrons. The highest BCUT2D eigenvalue weighted by Gasteiger charge is 2.21. The Bertz CT molecular complexity index is 613. The first-order chi connectivity index (χ1) is 10.1. The quantitative estimate of drug-likeness (QED) is 0.746. The summed E-state index contributed by atoms with van der Waals surface area (Å²) in [5, 5.41) is 9.21. The van der Waals surface area contributed by atoms with E-state index >= 15 is 0 Å². The molecule has 1 N–H and O–H groups in total. The van der Waals surface area contributed by atoms with Gasteiger partial charge in [0.05, 0.1) is 28.0 Å². The van der Waals surface area contributed by atoms with Crippen molar-refractivity contribution in [3.8, 4) is 0 Å². The fourth-order valence-corrected chi connectivity index (χ4v) is 3.00. The number of halogens is 3. The van der Waals surface area contributed by atoms with Gasteiger partial charge in [0, 0.05) is 11.0 Å². The second-order valence-corrected chi connectivity index (χ2v) is 6.43. The van der Waals surface area contributed by atoms with Crippen LogP contribution in [-0.4, -0.2) is 16.3 Å². The number of nitrogens with one attached hydrogen (secondary N) is 1. The Hall–Kier alpha value is -0.550. The first kappa shape index (κ1) is 16.8. The molecule has 21 heavy (non-hydrogen) atoms. The molecule has 6 heteroatoms. The predicted molar refractivity (Wildman–Crippen MR) is 92.2 cm³/mol. The Morgan fingerprint density at radius 2 is 2.05 bits per heavy atom. The number of aromatic nitrogens is 2. The van der Waals surface area contributed by atoms with Gasteiger partial charge in [-0.2, -0.15) is 5.10 Å². The molecule has 1 heterocycles. The fourth-order valence-electron chi connectivity index (χ4n) is 2.32. The van der Waals surface area contributed by atoms with Crippen LogP contribution in [0.3, 0.4) is 0 Å². The van der Waals surface area contributed by atoms with Crippen molar-refractivity contribution in [2.24, 2.45) is 0 Å². The van der Waals surface area contributed by atoms with Gasteiger partial charge in [-0.3, -0.25) is 4.68 Å². The van der Waals surface area contributed by atoms with E-state index in [-0.39, 0.29) is 6.04 Å². The zero-order chi connectivity index (χ0) is 15.4. The van der Waals surface area contributed by atoms with Crippen LogP contribution in [0.2, 0.25) is 10.0 Å². The Morgan fingerprint density at radius 3 is 2.67 bits per heavy atom. The van der Waals surface area contributed by atoms with Crippen molar-refractivity contribution in [3.63, 3.8) is 0 Å². The first-order valence-corrected chi connectivity index (χ1v) is 8.52. The maximum absolute atomic E-state index is 6.37. The second-order valence-electron chi connectivity index (χ2n) is 4.77. The predicted octanol–water partition coefficient (Wildman–Crippen LogP) is 5.06. The molecular weight excluding hydrogens is 373 g/mol. The smallest absolute Gasteiger partial charge is 0.0837 e. The summed E-state index contributed by atoms with van der Waals surface area (Å²) < 4.78 is 2.85. The summed E-state index contributed by atoms with van der Waals surface area (Å²) in [6, 6.07) is 5.93. The minimum atomic E-state index is -0.0258. The molecule has 0 radical (unpaired) electrons. The van der Waals surface area contributed by atoms with Gasteiger partial charge < -0.3 is 5.32 Å². The van der Waals surface area contributed by atoms with E-state index in [1.807, 2.05) is 22.9 Å². The lowest BCUT2D eigenvalue weighted by molar-refractivity contribution is 0.520. The minimum Gasteiger partial charge on any atom is -0.305 e. The van der Waals surface area contributed by atoms with Crippen LogP contribution in [0.5, 0.6) is 0 Å². The SMILES string of the molecule is CCCn1ncc(Cl)c1C(NCC)c1ccc(Br)c(Cl)c1. The summed E-state index contributed by atoms with van der Waals surface area (Å²) in [4.78, 5) is 0. The minimum absolute atomic E-state index is 0.0258. The van der Waals surface area contributed by atoms with E-state index in [1.54, 1.807) is 6.20 Å². The summed E-state index contributed by atoms with van der Waals surface area (Å²) in [5.74, 6) is 0. The topological polar surface area (TPSA) is 29.9 Å². The largest absolute Gasteiger partial charge is 0.305 e. The highest BCUT2D eigenvalue weighted by Crippen LogP contribution is 2.32. The average Bonchev–Trinajstić information content (AvgIpc) is 2.81. The lowest BCUT2D eigenvalue weighted by Crippen LogP contribution is -2.25. The molecule has 0 aliphatic rings. The van der Waals surface area contributed by atoms with Crippen LogP contribution in [0, 0.1) is 0 Å². The maximum Gasteiger partial charge on any atom is 0.0837 e. The first-order valence-electron chi connectivity index (χ1n) is 6.98. The average molecular weight is 391 g/mol. The Labute approximate surface area is 143 Å². The van der Waals surface area contributed by atoms with E-state index in [4.69, 9.17) is 23.2 Å². The van der Waals surface area contributed by atoms with E-state index in [1.165, 1.54) is 0 Å². The van der Waals surface area contributed by atoms with E-state index in [0.717, 1.165) is 35.2 Å². The number of rotatable bonds is 6. The van der Waals surface area contributed by atoms with Crippen molar-refractivity contribution in [1.29, 1.82) is 0 Å². The van der Waals surface area contributed by atoms with Gasteiger partial charge in [-0.1, -0.05) is 43.1 Å². The summed E-state index contributed by atoms with van der Waals surface area (Å²) in [6.45, 7) is 5.86. The van der Waals surface area contributed by atoms with E-state index in [2.05, 4.69) is 40.2 Å². The molecule has 2 aromatic rings. The standard InChI is InChI=1S/C15H18BrCl2N3/c1-3-7-21-15(13(18)9-20-21)14(19-4-2)10-5-6-11(16)12(17)8-10/h5-6,8-9,14,19H,3-4,7H2,1-2H3. The third-order valence-electron chi connectivity index (χ3n) is 3.23. The Kier molecular flexibility index (Phi) is 6.11. The molecular formula is C15H18BrCl2N3. The van der Waals surface area contributed by atoms with Crippen molar-refractivity contribution in [1.82, 2.24) is 15.1 Å². The van der Waals surface area contributed by atoms with Crippen LogP contribution in [0.4, 0.5) is 0 Å². The second kappa shape index (κ2) is 7.63. The molecule has 0 aliphatic heterocycles. The van der Waals surface area contributed by atoms with Gasteiger partial charge in [0.25, 0.3) is 0 Å². The van der Waals surface area contributed by atoms with Gasteiger partial charge in [-0.25, -0.2) is 0 Å². The van der Waals surface area contributed by atoms with Crippen LogP contribution in [0.25, 0.3) is 0 Å². The summed E-state index contributed by atoms with van der Waals surface area (Å²) >= 11 is 16.0. The van der Waals surface area contributed by atoms with E-state index < -0.39 is 0 Å². The molecule has 0 fully saturated rings. The van der Waals surface area contributed by atoms with Crippen LogP contribution in [-0.2, 0) is 6.54 Å². The van der Waals surface area contributed by atoms with Gasteiger partial charge in [-0.05, 0) is 46.6 Å². The molecule has 0 bridgehead atoms. The highest BCUT2D eigenvalue weighted by molar-refractivity contribution is 9.10. The normalized spacial score (nSPS) is 12.6. The maximum atomic E-state index is 6.37. The zero-order valence-electron chi connectivity index (χ0n) is 12.0. The van der Waals surface area contributed by atoms with Gasteiger partial charge >= 0.3 is 0 Å². The number of hydrogen-bond acceptors (Lipinski definition) is 2. The molecule has 1 atom stereocenters. The van der Waals surface area contributed by atoms with Gasteiger partial charge in [0.15, 0.2) is 0 Å². The third kappa shape index (κ3) is 3.81. The van der Waals surface area contributed by atoms with Gasteiger partial charge in [0.1, 0.15) is 0 Å². The van der Waals surface area contributed by atoms with Crippen molar-refractivity contribution in [2.75, 3.05) is 6.54 Å². The third-order valence-corrected chi connectivity index (χ3v) is 4.75. The number of nitrogens with zero attached hydrogens (tertiary/aromatic N) is 2. The summed E-state index contributed by atoms with van der Waals surface area (Å²) in [7, 11) is 0. The van der Waals surface area contributed by atoms with Crippen molar-refractivity contribution < 1.29 is 0 Å². The lowest BCUT2D eigenvalue weighted by atomic mass is 10.0. The number of benzene rings is 1. The lowest BCUT2D eigenvalue weighted by Gasteiger charge is -2.21. The molecule has 1 unspecified atom stereocenters. The molecule has 0 amide bonds. The molecule has 1 aromatic heterocycles. The Morgan fingerprint density at radius 1 is 1.29 bits per heavy atom. The van der Waals surface area contributed by atoms with Crippen LogP contribution < -0.4 is 5.32 Å². The van der Waals surface area contributed by atoms with E-state index in [9.17, 15) is 0 Å². The summed E-state index contributed by atoms with van der Waals surface area (Å²) in [6.07, 6.45) is 2.71. The molecule has 0 aliphatic carbocycles. The molecule has 3 nitrogen and oxygen atoms in total. The zero-order valence-corrected chi connectivity index (χ0v) is 15.1. The summed E-state index contributed by atoms with van der Waals surface area (Å²) in [5.41, 5.74) is 2.06. The van der Waals surface area contributed by atoms with Crippen molar-refractivity contribution >= 4 is 39.1 Å². The highest BCUT2D eigenvalue weighted by atomic mass is 79.9. The van der Waals surface area contributed by atoms with E-state index in [0.29, 0.717) is 10.0 Å². The van der Waals surface area contributed by atoms with Crippen LogP contribution in [0.1, 0.15) is 37.6 Å². The van der Waals surface area contributed by atoms with Crippen LogP contribution >= 0.6 is 39.1 Å². The van der Waals surface area contributed by atoms with Gasteiger partial charge in [-0.15, -0.1) is 0 Å². The Balaban J connectivity index is 2.47. The molecule has 0 saturated carbocycles. The molecule has 0 saturated heterocycles. The molecule has 1 aromatic carbocycles. The molecule has 0 spiro atoms. The van der Waals surface area contributed by atoms with Crippen molar-refractivity contribution in [3.05, 3.63) is 50.2 Å².